The summed E-state index contributed by atoms with van der Waals surface area (Å²) in [5, 5.41) is 2.85. The van der Waals surface area contributed by atoms with Gasteiger partial charge in [0.25, 0.3) is 0 Å². The molecule has 0 saturated carbocycles. The number of rotatable bonds is 5. The van der Waals surface area contributed by atoms with Crippen molar-refractivity contribution in [3.8, 4) is 0 Å². The fraction of sp³-hybridized carbons (Fsp3) is 0.867. The normalized spacial score (nSPS) is 12.8. The number of methoxy groups -OCH3 is 1. The number of esters is 1. The molecule has 0 radical (unpaired) electrons. The second kappa shape index (κ2) is 6.46. The lowest BCUT2D eigenvalue weighted by Gasteiger charge is -2.35. The molecule has 0 rings (SSSR count). The first-order valence-corrected chi connectivity index (χ1v) is 6.84. The number of hydrogen-bond acceptors (Lipinski definition) is 4. The highest BCUT2D eigenvalue weighted by Crippen LogP contribution is 2.31. The molecular weight excluding hydrogens is 258 g/mol. The lowest BCUT2D eigenvalue weighted by Crippen LogP contribution is -2.48. The van der Waals surface area contributed by atoms with Gasteiger partial charge in [-0.15, -0.1) is 0 Å². The smallest absolute Gasteiger partial charge is 0.408 e. The van der Waals surface area contributed by atoms with Crippen LogP contribution in [0.4, 0.5) is 4.79 Å². The van der Waals surface area contributed by atoms with E-state index >= 15 is 0 Å². The van der Waals surface area contributed by atoms with E-state index < -0.39 is 17.2 Å². The topological polar surface area (TPSA) is 64.6 Å². The molecule has 0 spiro atoms. The average Bonchev–Trinajstić information content (AvgIpc) is 2.09. The van der Waals surface area contributed by atoms with E-state index in [-0.39, 0.29) is 11.4 Å². The van der Waals surface area contributed by atoms with Gasteiger partial charge in [0.2, 0.25) is 0 Å². The Morgan fingerprint density at radius 3 is 1.90 bits per heavy atom. The van der Waals surface area contributed by atoms with Gasteiger partial charge in [-0.05, 0) is 46.5 Å². The van der Waals surface area contributed by atoms with E-state index in [1.807, 2.05) is 48.5 Å². The largest absolute Gasteiger partial charge is 0.469 e. The second-order valence-corrected chi connectivity index (χ2v) is 7.60. The number of amides is 1. The predicted molar refractivity (Wildman–Crippen MR) is 78.5 cm³/mol. The minimum atomic E-state index is -0.526. The minimum absolute atomic E-state index is 0.247. The zero-order valence-corrected chi connectivity index (χ0v) is 14.0. The van der Waals surface area contributed by atoms with E-state index in [2.05, 4.69) is 5.32 Å². The lowest BCUT2D eigenvalue weighted by atomic mass is 9.78. The summed E-state index contributed by atoms with van der Waals surface area (Å²) in [6.45, 7) is 13.2. The number of hydrogen-bond donors (Lipinski definition) is 1. The molecule has 5 nitrogen and oxygen atoms in total. The number of carbonyl (C=O) groups is 2. The van der Waals surface area contributed by atoms with Crippen LogP contribution >= 0.6 is 0 Å². The molecule has 0 aliphatic carbocycles. The van der Waals surface area contributed by atoms with Crippen LogP contribution in [-0.2, 0) is 14.3 Å². The highest BCUT2D eigenvalue weighted by Gasteiger charge is 2.33. The van der Waals surface area contributed by atoms with Gasteiger partial charge in [0, 0.05) is 5.54 Å². The van der Waals surface area contributed by atoms with Gasteiger partial charge in [-0.3, -0.25) is 4.79 Å². The lowest BCUT2D eigenvalue weighted by molar-refractivity contribution is -0.143. The van der Waals surface area contributed by atoms with E-state index in [0.29, 0.717) is 12.8 Å². The summed E-state index contributed by atoms with van der Waals surface area (Å²) in [4.78, 5) is 23.2. The van der Waals surface area contributed by atoms with Crippen LogP contribution in [0.3, 0.4) is 0 Å². The molecule has 1 N–H and O–H groups in total. The van der Waals surface area contributed by atoms with Crippen molar-refractivity contribution in [3.63, 3.8) is 0 Å². The summed E-state index contributed by atoms with van der Waals surface area (Å²) in [7, 11) is 1.38. The Balaban J connectivity index is 4.58. The van der Waals surface area contributed by atoms with Crippen LogP contribution in [-0.4, -0.2) is 30.3 Å². The van der Waals surface area contributed by atoms with Crippen LogP contribution in [0.15, 0.2) is 0 Å². The number of alkyl carbamates (subject to hydrolysis) is 1. The highest BCUT2D eigenvalue weighted by molar-refractivity contribution is 5.70. The molecular formula is C15H29NO4. The predicted octanol–water partition coefficient (Wildman–Crippen LogP) is 3.27. The molecule has 0 saturated heterocycles. The second-order valence-electron chi connectivity index (χ2n) is 7.60. The first-order chi connectivity index (χ1) is 8.76. The molecule has 0 aliphatic heterocycles. The Hall–Kier alpha value is -1.26. The third-order valence-corrected chi connectivity index (χ3v) is 2.61. The van der Waals surface area contributed by atoms with Crippen LogP contribution in [0.25, 0.3) is 0 Å². The van der Waals surface area contributed by atoms with E-state index in [1.54, 1.807) is 0 Å². The van der Waals surface area contributed by atoms with Crippen LogP contribution in [0.2, 0.25) is 0 Å². The maximum Gasteiger partial charge on any atom is 0.408 e. The van der Waals surface area contributed by atoms with Gasteiger partial charge in [0.05, 0.1) is 13.5 Å². The van der Waals surface area contributed by atoms with Crippen molar-refractivity contribution in [1.82, 2.24) is 5.32 Å². The number of ether oxygens (including phenoxy) is 2. The molecule has 0 bridgehead atoms. The molecule has 0 atom stereocenters. The molecule has 0 unspecified atom stereocenters. The summed E-state index contributed by atoms with van der Waals surface area (Å²) in [5.74, 6) is -0.247. The molecule has 0 heterocycles. The maximum atomic E-state index is 11.8. The van der Waals surface area contributed by atoms with Crippen molar-refractivity contribution >= 4 is 12.1 Å². The Labute approximate surface area is 122 Å². The molecule has 0 aromatic heterocycles. The van der Waals surface area contributed by atoms with Crippen molar-refractivity contribution in [2.75, 3.05) is 7.11 Å². The van der Waals surface area contributed by atoms with Crippen molar-refractivity contribution < 1.29 is 19.1 Å². The SMILES string of the molecule is COC(=O)CC(C)(C)CC(C)(C)NC(=O)OC(C)(C)C. The minimum Gasteiger partial charge on any atom is -0.469 e. The number of nitrogens with one attached hydrogen (secondary N) is 1. The quantitative estimate of drug-likeness (QED) is 0.788. The average molecular weight is 287 g/mol. The highest BCUT2D eigenvalue weighted by atomic mass is 16.6. The summed E-state index contributed by atoms with van der Waals surface area (Å²) in [5.41, 5.74) is -1.27. The summed E-state index contributed by atoms with van der Waals surface area (Å²) in [6.07, 6.45) is 0.494. The Kier molecular flexibility index (Phi) is 6.05. The van der Waals surface area contributed by atoms with Crippen molar-refractivity contribution in [1.29, 1.82) is 0 Å². The fourth-order valence-corrected chi connectivity index (χ4v) is 2.35. The monoisotopic (exact) mass is 287 g/mol. The van der Waals surface area contributed by atoms with Crippen LogP contribution in [0, 0.1) is 5.41 Å². The van der Waals surface area contributed by atoms with Gasteiger partial charge in [0.15, 0.2) is 0 Å². The van der Waals surface area contributed by atoms with Crippen molar-refractivity contribution in [3.05, 3.63) is 0 Å². The Morgan fingerprint density at radius 1 is 1.00 bits per heavy atom. The first kappa shape index (κ1) is 18.7. The van der Waals surface area contributed by atoms with E-state index in [9.17, 15) is 9.59 Å². The van der Waals surface area contributed by atoms with Crippen LogP contribution in [0.1, 0.15) is 61.3 Å². The van der Waals surface area contributed by atoms with Gasteiger partial charge < -0.3 is 14.8 Å². The van der Waals surface area contributed by atoms with Crippen molar-refractivity contribution in [2.24, 2.45) is 5.41 Å². The molecule has 20 heavy (non-hydrogen) atoms. The van der Waals surface area contributed by atoms with Crippen LogP contribution in [0.5, 0.6) is 0 Å². The molecule has 0 aromatic rings. The Morgan fingerprint density at radius 2 is 1.50 bits per heavy atom. The number of carbonyl (C=O) groups excluding carboxylic acids is 2. The van der Waals surface area contributed by atoms with Gasteiger partial charge in [-0.25, -0.2) is 4.79 Å². The molecule has 0 aliphatic rings. The van der Waals surface area contributed by atoms with E-state index in [0.717, 1.165) is 0 Å². The summed E-state index contributed by atoms with van der Waals surface area (Å²) in [6, 6.07) is 0. The Bertz CT molecular complexity index is 353. The van der Waals surface area contributed by atoms with Gasteiger partial charge >= 0.3 is 12.1 Å². The third-order valence-electron chi connectivity index (χ3n) is 2.61. The van der Waals surface area contributed by atoms with Crippen LogP contribution < -0.4 is 5.32 Å². The molecule has 118 valence electrons. The third kappa shape index (κ3) is 8.77. The summed E-state index contributed by atoms with van der Waals surface area (Å²) < 4.78 is 9.95. The van der Waals surface area contributed by atoms with Crippen molar-refractivity contribution in [2.45, 2.75) is 72.4 Å². The first-order valence-electron chi connectivity index (χ1n) is 6.84. The molecule has 0 fully saturated rings. The summed E-state index contributed by atoms with van der Waals surface area (Å²) >= 11 is 0. The zero-order chi connectivity index (χ0) is 16.2. The fourth-order valence-electron chi connectivity index (χ4n) is 2.35. The molecule has 5 heteroatoms. The molecule has 1 amide bonds. The van der Waals surface area contributed by atoms with Gasteiger partial charge in [-0.2, -0.15) is 0 Å². The van der Waals surface area contributed by atoms with Gasteiger partial charge in [-0.1, -0.05) is 13.8 Å². The standard InChI is InChI=1S/C15H29NO4/c1-13(2,3)20-12(18)16-15(6,7)10-14(4,5)9-11(17)19-8/h9-10H2,1-8H3,(H,16,18). The van der Waals surface area contributed by atoms with E-state index in [1.165, 1.54) is 7.11 Å². The van der Waals surface area contributed by atoms with Gasteiger partial charge in [0.1, 0.15) is 5.60 Å². The zero-order valence-electron chi connectivity index (χ0n) is 14.0. The molecule has 0 aromatic carbocycles. The van der Waals surface area contributed by atoms with E-state index in [4.69, 9.17) is 9.47 Å². The maximum absolute atomic E-state index is 11.8.